The van der Waals surface area contributed by atoms with Crippen molar-refractivity contribution in [2.75, 3.05) is 23.7 Å². The van der Waals surface area contributed by atoms with E-state index in [1.54, 1.807) is 36.4 Å². The van der Waals surface area contributed by atoms with E-state index in [-0.39, 0.29) is 4.88 Å². The van der Waals surface area contributed by atoms with Crippen LogP contribution in [0.4, 0.5) is 11.4 Å². The molecule has 3 aromatic rings. The van der Waals surface area contributed by atoms with E-state index in [4.69, 9.17) is 11.6 Å². The predicted molar refractivity (Wildman–Crippen MR) is 114 cm³/mol. The number of rotatable bonds is 6. The highest BCUT2D eigenvalue weighted by Gasteiger charge is 2.25. The van der Waals surface area contributed by atoms with Crippen LogP contribution in [0.2, 0.25) is 5.02 Å². The third-order valence-corrected chi connectivity index (χ3v) is 5.88. The summed E-state index contributed by atoms with van der Waals surface area (Å²) >= 11 is 4.75. The summed E-state index contributed by atoms with van der Waals surface area (Å²) in [7, 11) is 3.71. The van der Waals surface area contributed by atoms with Gasteiger partial charge in [-0.2, -0.15) is 0 Å². The van der Waals surface area contributed by atoms with E-state index in [9.17, 15) is 18.7 Å². The zero-order valence-corrected chi connectivity index (χ0v) is 17.3. The van der Waals surface area contributed by atoms with Crippen molar-refractivity contribution in [3.63, 3.8) is 0 Å². The molecule has 0 aliphatic heterocycles. The van der Waals surface area contributed by atoms with Crippen LogP contribution in [0.25, 0.3) is 21.6 Å². The average Bonchev–Trinajstić information content (AvgIpc) is 3.03. The number of hydrogen-bond donors (Lipinski definition) is 2. The van der Waals surface area contributed by atoms with Gasteiger partial charge in [0.25, 0.3) is 0 Å². The highest BCUT2D eigenvalue weighted by molar-refractivity contribution is 7.80. The monoisotopic (exact) mass is 435 g/mol. The van der Waals surface area contributed by atoms with Gasteiger partial charge in [-0.25, -0.2) is 4.79 Å². The first-order valence-corrected chi connectivity index (χ1v) is 10.3. The van der Waals surface area contributed by atoms with Gasteiger partial charge in [0.15, 0.2) is 0 Å². The molecule has 1 unspecified atom stereocenters. The second-order valence-electron chi connectivity index (χ2n) is 6.10. The van der Waals surface area contributed by atoms with Crippen LogP contribution in [0.5, 0.6) is 0 Å². The third-order valence-electron chi connectivity index (χ3n) is 4.01. The van der Waals surface area contributed by atoms with Crippen molar-refractivity contribution in [2.45, 2.75) is 0 Å². The fourth-order valence-electron chi connectivity index (χ4n) is 2.87. The molecule has 0 aliphatic carbocycles. The molecule has 0 radical (unpaired) electrons. The van der Waals surface area contributed by atoms with Gasteiger partial charge in [0, 0.05) is 41.6 Å². The first kappa shape index (κ1) is 20.3. The van der Waals surface area contributed by atoms with Crippen LogP contribution >= 0.6 is 22.9 Å². The predicted octanol–water partition coefficient (Wildman–Crippen LogP) is 4.71. The maximum Gasteiger partial charge on any atom is 0.346 e. The van der Waals surface area contributed by atoms with Gasteiger partial charge in [0.1, 0.15) is 4.88 Å². The van der Waals surface area contributed by atoms with Crippen LogP contribution in [0.3, 0.4) is 0 Å². The van der Waals surface area contributed by atoms with Crippen LogP contribution in [-0.2, 0) is 11.3 Å². The van der Waals surface area contributed by atoms with Crippen LogP contribution in [0.1, 0.15) is 9.67 Å². The topological polar surface area (TPSA) is 92.7 Å². The van der Waals surface area contributed by atoms with Gasteiger partial charge >= 0.3 is 5.97 Å². The van der Waals surface area contributed by atoms with E-state index in [2.05, 4.69) is 4.72 Å². The summed E-state index contributed by atoms with van der Waals surface area (Å²) in [6, 6.07) is 13.8. The summed E-state index contributed by atoms with van der Waals surface area (Å²) in [5.41, 5.74) is 3.31. The number of nitrogens with one attached hydrogen (secondary N) is 1. The molecule has 1 atom stereocenters. The van der Waals surface area contributed by atoms with E-state index in [1.807, 2.05) is 31.1 Å². The van der Waals surface area contributed by atoms with Crippen molar-refractivity contribution in [3.05, 3.63) is 58.4 Å². The number of carboxylic acid groups (broad SMARTS) is 1. The minimum Gasteiger partial charge on any atom is -0.755 e. The number of carbonyl (C=O) groups is 1. The molecule has 28 heavy (non-hydrogen) atoms. The first-order valence-electron chi connectivity index (χ1n) is 8.07. The maximum atomic E-state index is 12.0. The number of hydrogen-bond acceptors (Lipinski definition) is 5. The number of anilines is 2. The highest BCUT2D eigenvalue weighted by Crippen LogP contribution is 2.47. The van der Waals surface area contributed by atoms with Crippen LogP contribution in [-0.4, -0.2) is 33.9 Å². The number of aromatic carboxylic acids is 1. The van der Waals surface area contributed by atoms with Gasteiger partial charge in [-0.3, -0.25) is 4.21 Å². The number of carboxylic acids is 1. The Kier molecular flexibility index (Phi) is 6.04. The maximum absolute atomic E-state index is 12.0. The highest BCUT2D eigenvalue weighted by atomic mass is 35.5. The minimum absolute atomic E-state index is 0.210. The number of halogens is 1. The van der Waals surface area contributed by atoms with Crippen molar-refractivity contribution in [2.24, 2.45) is 0 Å². The van der Waals surface area contributed by atoms with Crippen LogP contribution in [0.15, 0.2) is 48.5 Å². The Hall–Kier alpha value is -2.39. The van der Waals surface area contributed by atoms with Gasteiger partial charge in [-0.05, 0) is 35.4 Å². The SMILES string of the molecule is CN(C)c1c(-c2ccc(Cl)cc2)sc(C(=O)O)c1-c1ccc(NS(=O)[O-])cc1. The molecule has 0 spiro atoms. The molecule has 0 saturated heterocycles. The minimum atomic E-state index is -2.42. The summed E-state index contributed by atoms with van der Waals surface area (Å²) in [6.07, 6.45) is 0. The van der Waals surface area contributed by atoms with Gasteiger partial charge in [-0.15, -0.1) is 11.3 Å². The summed E-state index contributed by atoms with van der Waals surface area (Å²) in [5.74, 6) is -1.02. The zero-order chi connectivity index (χ0) is 20.4. The standard InChI is InChI=1S/C19H17ClN2O4S2/c1-22(2)16-15(11-5-9-14(10-6-11)21-28(25)26)18(19(23)24)27-17(16)12-3-7-13(20)8-4-12/h3-10,21H,1-2H3,(H,23,24)(H,25,26)/p-1. The molecule has 6 nitrogen and oxygen atoms in total. The van der Waals surface area contributed by atoms with Crippen LogP contribution in [0, 0.1) is 0 Å². The van der Waals surface area contributed by atoms with Gasteiger partial charge in [0.2, 0.25) is 0 Å². The lowest BCUT2D eigenvalue weighted by atomic mass is 10.0. The van der Waals surface area contributed by atoms with Crippen molar-refractivity contribution >= 4 is 51.5 Å². The molecule has 0 saturated carbocycles. The van der Waals surface area contributed by atoms with Gasteiger partial charge in [-0.1, -0.05) is 35.9 Å². The van der Waals surface area contributed by atoms with E-state index >= 15 is 0 Å². The Morgan fingerprint density at radius 3 is 2.18 bits per heavy atom. The molecular formula is C19H16ClN2O4S2-. The molecule has 0 bridgehead atoms. The molecule has 0 fully saturated rings. The lowest BCUT2D eigenvalue weighted by Crippen LogP contribution is -2.10. The Morgan fingerprint density at radius 1 is 1.11 bits per heavy atom. The molecule has 2 N–H and O–H groups in total. The molecular weight excluding hydrogens is 420 g/mol. The molecule has 1 heterocycles. The molecule has 0 amide bonds. The Bertz CT molecular complexity index is 1030. The molecule has 9 heteroatoms. The molecule has 2 aromatic carbocycles. The van der Waals surface area contributed by atoms with Crippen molar-refractivity contribution < 1.29 is 18.7 Å². The van der Waals surface area contributed by atoms with Crippen LogP contribution < -0.4 is 9.62 Å². The summed E-state index contributed by atoms with van der Waals surface area (Å²) in [5, 5.41) is 10.4. The largest absolute Gasteiger partial charge is 0.755 e. The Labute approximate surface area is 173 Å². The Morgan fingerprint density at radius 2 is 1.68 bits per heavy atom. The van der Waals surface area contributed by atoms with Gasteiger partial charge < -0.3 is 19.3 Å². The summed E-state index contributed by atoms with van der Waals surface area (Å²) in [6.45, 7) is 0. The van der Waals surface area contributed by atoms with E-state index in [1.165, 1.54) is 11.3 Å². The van der Waals surface area contributed by atoms with Crippen molar-refractivity contribution in [1.29, 1.82) is 0 Å². The van der Waals surface area contributed by atoms with Gasteiger partial charge in [0.05, 0.1) is 10.6 Å². The summed E-state index contributed by atoms with van der Waals surface area (Å²) in [4.78, 5) is 14.9. The summed E-state index contributed by atoms with van der Waals surface area (Å²) < 4.78 is 23.9. The first-order chi connectivity index (χ1) is 13.3. The van der Waals surface area contributed by atoms with E-state index < -0.39 is 17.2 Å². The number of nitrogens with zero attached hydrogens (tertiary/aromatic N) is 1. The van der Waals surface area contributed by atoms with E-state index in [0.717, 1.165) is 16.1 Å². The average molecular weight is 436 g/mol. The lowest BCUT2D eigenvalue weighted by molar-refractivity contribution is 0.0703. The molecule has 3 rings (SSSR count). The second kappa shape index (κ2) is 8.32. The smallest absolute Gasteiger partial charge is 0.346 e. The molecule has 0 aliphatic rings. The second-order valence-corrected chi connectivity index (χ2v) is 8.24. The third kappa shape index (κ3) is 4.20. The lowest BCUT2D eigenvalue weighted by Gasteiger charge is -2.17. The number of thiophene rings is 1. The number of benzene rings is 2. The van der Waals surface area contributed by atoms with Crippen molar-refractivity contribution in [3.8, 4) is 21.6 Å². The normalized spacial score (nSPS) is 11.9. The van der Waals surface area contributed by atoms with Crippen molar-refractivity contribution in [1.82, 2.24) is 0 Å². The fraction of sp³-hybridized carbons (Fsp3) is 0.105. The molecule has 1 aromatic heterocycles. The quantitative estimate of drug-likeness (QED) is 0.547. The molecule has 146 valence electrons. The zero-order valence-electron chi connectivity index (χ0n) is 14.9. The van der Waals surface area contributed by atoms with E-state index in [0.29, 0.717) is 21.8 Å². The Balaban J connectivity index is 2.20. The fourth-order valence-corrected chi connectivity index (χ4v) is 4.56.